The summed E-state index contributed by atoms with van der Waals surface area (Å²) in [4.78, 5) is 0. The second-order valence-corrected chi connectivity index (χ2v) is 4.04. The molecule has 95 valence electrons. The summed E-state index contributed by atoms with van der Waals surface area (Å²) >= 11 is 0. The Morgan fingerprint density at radius 2 is 1.75 bits per heavy atom. The van der Waals surface area contributed by atoms with Gasteiger partial charge in [0.25, 0.3) is 0 Å². The molecule has 1 rings (SSSR count). The molecule has 1 atom stereocenters. The molecule has 0 fully saturated rings. The number of hydrogen-bond acceptors (Lipinski definition) is 0. The summed E-state index contributed by atoms with van der Waals surface area (Å²) in [7, 11) is 0.750. The topological polar surface area (TPSA) is 23.8 Å². The number of rotatable bonds is 1. The molecule has 1 nitrogen and oxygen atoms in total. The monoisotopic (exact) mass is 358 g/mol. The molecule has 0 saturated carbocycles. The summed E-state index contributed by atoms with van der Waals surface area (Å²) in [6, 6.07) is 0.134. The zero-order valence-electron chi connectivity index (χ0n) is 10.6. The summed E-state index contributed by atoms with van der Waals surface area (Å²) in [5.41, 5.74) is 6.83. The van der Waals surface area contributed by atoms with E-state index in [1.54, 1.807) is 0 Å². The Balaban J connectivity index is -0.0000000356. The van der Waals surface area contributed by atoms with Crippen molar-refractivity contribution in [3.63, 3.8) is 0 Å². The van der Waals surface area contributed by atoms with Gasteiger partial charge in [-0.2, -0.15) is 6.08 Å². The Bertz CT molecular complexity index is 132. The van der Waals surface area contributed by atoms with Crippen molar-refractivity contribution in [3.05, 3.63) is 30.0 Å². The quantitative estimate of drug-likeness (QED) is 0.486. The molecule has 0 aromatic carbocycles. The molecule has 1 aliphatic carbocycles. The van der Waals surface area contributed by atoms with Crippen LogP contribution in [0.2, 0.25) is 13.1 Å². The van der Waals surface area contributed by atoms with Crippen LogP contribution < -0.4 is 0 Å². The molecule has 0 bridgehead atoms. The van der Waals surface area contributed by atoms with Crippen molar-refractivity contribution in [1.82, 2.24) is 0 Å². The molecule has 1 aliphatic rings. The van der Waals surface area contributed by atoms with E-state index < -0.39 is 0 Å². The fourth-order valence-corrected chi connectivity index (χ4v) is 0.340. The zero-order valence-corrected chi connectivity index (χ0v) is 15.9. The molecule has 0 amide bonds. The Morgan fingerprint density at radius 3 is 1.81 bits per heavy atom. The van der Waals surface area contributed by atoms with Gasteiger partial charge in [-0.15, -0.1) is 37.3 Å². The van der Waals surface area contributed by atoms with E-state index in [4.69, 9.17) is 5.73 Å². The van der Waals surface area contributed by atoms with Crippen LogP contribution in [0.15, 0.2) is 18.2 Å². The van der Waals surface area contributed by atoms with Crippen LogP contribution in [-0.4, -0.2) is 15.6 Å². The van der Waals surface area contributed by atoms with E-state index in [0.717, 1.165) is 22.4 Å². The molecule has 1 N–H and O–H groups in total. The largest absolute Gasteiger partial charge is 2.00 e. The van der Waals surface area contributed by atoms with E-state index in [0.29, 0.717) is 0 Å². The summed E-state index contributed by atoms with van der Waals surface area (Å²) in [5.74, 6) is 0. The third-order valence-electron chi connectivity index (χ3n) is 1.20. The Kier molecular flexibility index (Phi) is 56.4. The Morgan fingerprint density at radius 1 is 1.38 bits per heavy atom. The predicted molar refractivity (Wildman–Crippen MR) is 79.0 cm³/mol. The van der Waals surface area contributed by atoms with Gasteiger partial charge in [0.2, 0.25) is 0 Å². The first-order chi connectivity index (χ1) is 6.18. The zero-order chi connectivity index (χ0) is 10.5. The number of nitrogens with one attached hydrogen (secondary N) is 1. The Labute approximate surface area is 135 Å². The molecule has 0 spiro atoms. The molecule has 1 radical (unpaired) electrons. The smallest absolute Gasteiger partial charge is 0.675 e. The second kappa shape index (κ2) is 29.8. The van der Waals surface area contributed by atoms with Crippen molar-refractivity contribution in [2.45, 2.75) is 45.8 Å². The van der Waals surface area contributed by atoms with Gasteiger partial charge in [-0.05, 0) is 0 Å². The van der Waals surface area contributed by atoms with Crippen LogP contribution in [-0.2, 0) is 26.2 Å². The normalized spacial score (nSPS) is 11.3. The van der Waals surface area contributed by atoms with Gasteiger partial charge >= 0.3 is 26.2 Å². The first kappa shape index (κ1) is 30.3. The maximum absolute atomic E-state index is 6.83. The van der Waals surface area contributed by atoms with Crippen molar-refractivity contribution in [2.24, 2.45) is 0 Å². The molecule has 0 aromatic heterocycles. The standard InChI is InChI=1S/C5H5.C4H10N.C2H7Si.2ClH.Zr/c1-2-4-5-3-1;1-3-4(2)5;1-3-2;;;/h1-3H,4H2;4-5H,3H2,1-2H3;3H,1-2H3;2*1H;/q2*-1;;;;+2. The van der Waals surface area contributed by atoms with E-state index >= 15 is 0 Å². The molecular formula is C11H24Cl2NSiZr. The van der Waals surface area contributed by atoms with Crippen molar-refractivity contribution >= 4 is 34.3 Å². The van der Waals surface area contributed by atoms with E-state index in [1.807, 2.05) is 26.0 Å². The molecular weight excluding hydrogens is 336 g/mol. The summed E-state index contributed by atoms with van der Waals surface area (Å²) in [5, 5.41) is 0. The number of halogens is 2. The van der Waals surface area contributed by atoms with Crippen LogP contribution in [0.25, 0.3) is 5.73 Å². The van der Waals surface area contributed by atoms with Crippen LogP contribution in [0.3, 0.4) is 0 Å². The minimum Gasteiger partial charge on any atom is -0.675 e. The Hall–Kier alpha value is 1.12. The first-order valence-electron chi connectivity index (χ1n) is 4.85. The summed E-state index contributed by atoms with van der Waals surface area (Å²) in [6.07, 6.45) is 11.0. The van der Waals surface area contributed by atoms with Crippen LogP contribution in [0.5, 0.6) is 0 Å². The molecule has 1 unspecified atom stereocenters. The predicted octanol–water partition coefficient (Wildman–Crippen LogP) is 4.50. The van der Waals surface area contributed by atoms with Gasteiger partial charge < -0.3 is 5.73 Å². The minimum atomic E-state index is 0. The summed E-state index contributed by atoms with van der Waals surface area (Å²) < 4.78 is 0. The van der Waals surface area contributed by atoms with E-state index in [9.17, 15) is 0 Å². The van der Waals surface area contributed by atoms with E-state index in [-0.39, 0.29) is 57.1 Å². The minimum absolute atomic E-state index is 0. The SMILES string of the molecule is CCC(C)[NH-].C[SiH]C.Cl.Cl.[C-]1=CC=CC1.[Zr+2]. The van der Waals surface area contributed by atoms with Crippen LogP contribution in [0, 0.1) is 6.08 Å². The second-order valence-electron chi connectivity index (χ2n) is 2.89. The van der Waals surface area contributed by atoms with Crippen LogP contribution in [0.4, 0.5) is 0 Å². The van der Waals surface area contributed by atoms with Crippen LogP contribution in [0.1, 0.15) is 26.7 Å². The first-order valence-corrected chi connectivity index (χ1v) is 7.16. The average molecular weight is 361 g/mol. The van der Waals surface area contributed by atoms with Gasteiger partial charge in [0, 0.05) is 9.52 Å². The van der Waals surface area contributed by atoms with Gasteiger partial charge in [0.05, 0.1) is 0 Å². The van der Waals surface area contributed by atoms with Gasteiger partial charge in [-0.25, -0.2) is 12.2 Å². The van der Waals surface area contributed by atoms with Gasteiger partial charge in [0.1, 0.15) is 0 Å². The van der Waals surface area contributed by atoms with Gasteiger partial charge in [-0.1, -0.05) is 33.4 Å². The van der Waals surface area contributed by atoms with Crippen LogP contribution >= 0.6 is 24.8 Å². The maximum Gasteiger partial charge on any atom is 2.00 e. The van der Waals surface area contributed by atoms with E-state index in [1.165, 1.54) is 0 Å². The molecule has 16 heavy (non-hydrogen) atoms. The fourth-order valence-electron chi connectivity index (χ4n) is 0.340. The van der Waals surface area contributed by atoms with Crippen molar-refractivity contribution in [1.29, 1.82) is 0 Å². The molecule has 0 aromatic rings. The average Bonchev–Trinajstić information content (AvgIpc) is 2.62. The van der Waals surface area contributed by atoms with E-state index in [2.05, 4.69) is 25.2 Å². The number of allylic oxidation sites excluding steroid dienone is 4. The molecule has 5 heteroatoms. The van der Waals surface area contributed by atoms with Crippen molar-refractivity contribution in [3.8, 4) is 0 Å². The third kappa shape index (κ3) is 45.7. The molecule has 0 aliphatic heterocycles. The van der Waals surface area contributed by atoms with Crippen molar-refractivity contribution in [2.75, 3.05) is 0 Å². The maximum atomic E-state index is 6.83. The fraction of sp³-hybridized carbons (Fsp3) is 0.636. The summed E-state index contributed by atoms with van der Waals surface area (Å²) in [6.45, 7) is 8.32. The van der Waals surface area contributed by atoms with Gasteiger partial charge in [-0.3, -0.25) is 6.08 Å². The molecule has 0 heterocycles. The van der Waals surface area contributed by atoms with Crippen molar-refractivity contribution < 1.29 is 26.2 Å². The third-order valence-corrected chi connectivity index (χ3v) is 1.20. The molecule has 0 saturated heterocycles. The number of hydrogen-bond donors (Lipinski definition) is 0. The van der Waals surface area contributed by atoms with Gasteiger partial charge in [0.15, 0.2) is 0 Å².